The van der Waals surface area contributed by atoms with Gasteiger partial charge in [-0.05, 0) is 68.1 Å². The first kappa shape index (κ1) is 17.9. The van der Waals surface area contributed by atoms with E-state index < -0.39 is 0 Å². The largest absolute Gasteiger partial charge is 0.458 e. The van der Waals surface area contributed by atoms with Crippen LogP contribution < -0.4 is 0 Å². The molecule has 4 heteroatoms. The SMILES string of the molecule is CC12CCC3(CC1=CCC1C2CCC2(C)C1CCC21CCC(=O)O1)OCCO3. The highest BCUT2D eigenvalue weighted by Crippen LogP contribution is 2.69. The Balaban J connectivity index is 1.31. The molecule has 2 saturated heterocycles. The highest BCUT2D eigenvalue weighted by Gasteiger charge is 2.67. The zero-order chi connectivity index (χ0) is 19.2. The summed E-state index contributed by atoms with van der Waals surface area (Å²) in [6.07, 6.45) is 13.3. The molecule has 2 spiro atoms. The highest BCUT2D eigenvalue weighted by atomic mass is 16.7. The van der Waals surface area contributed by atoms with Crippen LogP contribution >= 0.6 is 0 Å². The number of ether oxygens (including phenoxy) is 3. The fourth-order valence-electron chi connectivity index (χ4n) is 8.64. The van der Waals surface area contributed by atoms with E-state index in [0.29, 0.717) is 17.8 Å². The summed E-state index contributed by atoms with van der Waals surface area (Å²) in [5.74, 6) is 1.91. The van der Waals surface area contributed by atoms with Gasteiger partial charge in [-0.3, -0.25) is 4.79 Å². The van der Waals surface area contributed by atoms with Crippen LogP contribution in [0, 0.1) is 28.6 Å². The van der Waals surface area contributed by atoms with E-state index >= 15 is 0 Å². The number of hydrogen-bond acceptors (Lipinski definition) is 4. The second kappa shape index (κ2) is 5.63. The van der Waals surface area contributed by atoms with Crippen LogP contribution in [-0.4, -0.2) is 30.6 Å². The van der Waals surface area contributed by atoms with Gasteiger partial charge in [0.1, 0.15) is 5.60 Å². The normalized spacial score (nSPS) is 51.6. The number of fused-ring (bicyclic) bond motifs is 6. The molecule has 0 bridgehead atoms. The Labute approximate surface area is 168 Å². The molecule has 0 aromatic rings. The summed E-state index contributed by atoms with van der Waals surface area (Å²) in [6, 6.07) is 0. The van der Waals surface area contributed by atoms with Crippen molar-refractivity contribution in [2.24, 2.45) is 28.6 Å². The van der Waals surface area contributed by atoms with Gasteiger partial charge in [-0.2, -0.15) is 0 Å². The zero-order valence-corrected chi connectivity index (χ0v) is 17.4. The van der Waals surface area contributed by atoms with Gasteiger partial charge in [-0.1, -0.05) is 25.5 Å². The molecule has 154 valence electrons. The smallest absolute Gasteiger partial charge is 0.306 e. The monoisotopic (exact) mass is 386 g/mol. The van der Waals surface area contributed by atoms with Crippen LogP contribution in [0.1, 0.15) is 78.1 Å². The third kappa shape index (κ3) is 2.12. The van der Waals surface area contributed by atoms with Gasteiger partial charge < -0.3 is 14.2 Å². The van der Waals surface area contributed by atoms with Crippen molar-refractivity contribution in [1.29, 1.82) is 0 Å². The molecule has 2 heterocycles. The average Bonchev–Trinajstić information content (AvgIpc) is 3.36. The third-order valence-electron chi connectivity index (χ3n) is 10.3. The van der Waals surface area contributed by atoms with Gasteiger partial charge in [0.05, 0.1) is 13.2 Å². The molecule has 6 rings (SSSR count). The van der Waals surface area contributed by atoms with Crippen molar-refractivity contribution in [2.75, 3.05) is 13.2 Å². The van der Waals surface area contributed by atoms with E-state index in [1.54, 1.807) is 5.57 Å². The fourth-order valence-corrected chi connectivity index (χ4v) is 8.64. The van der Waals surface area contributed by atoms with E-state index in [0.717, 1.165) is 50.7 Å². The van der Waals surface area contributed by atoms with E-state index in [2.05, 4.69) is 19.9 Å². The maximum atomic E-state index is 12.0. The second-order valence-corrected chi connectivity index (χ2v) is 11.0. The van der Waals surface area contributed by atoms with Crippen LogP contribution in [-0.2, 0) is 19.0 Å². The summed E-state index contributed by atoms with van der Waals surface area (Å²) in [5, 5.41) is 0. The molecule has 0 amide bonds. The van der Waals surface area contributed by atoms with Crippen molar-refractivity contribution < 1.29 is 19.0 Å². The number of rotatable bonds is 0. The molecule has 4 nitrogen and oxygen atoms in total. The van der Waals surface area contributed by atoms with Crippen molar-refractivity contribution in [3.8, 4) is 0 Å². The van der Waals surface area contributed by atoms with Crippen molar-refractivity contribution in [3.63, 3.8) is 0 Å². The Hall–Kier alpha value is -0.870. The third-order valence-corrected chi connectivity index (χ3v) is 10.3. The summed E-state index contributed by atoms with van der Waals surface area (Å²) in [4.78, 5) is 12.0. The predicted octanol–water partition coefficient (Wildman–Crippen LogP) is 4.77. The minimum atomic E-state index is -0.323. The lowest BCUT2D eigenvalue weighted by Gasteiger charge is -2.59. The van der Waals surface area contributed by atoms with Crippen molar-refractivity contribution in [1.82, 2.24) is 0 Å². The molecule has 6 unspecified atom stereocenters. The summed E-state index contributed by atoms with van der Waals surface area (Å²) < 4.78 is 18.2. The van der Waals surface area contributed by atoms with Crippen LogP contribution in [0.2, 0.25) is 0 Å². The van der Waals surface area contributed by atoms with E-state index in [-0.39, 0.29) is 22.8 Å². The molecule has 6 aliphatic rings. The number of carbonyl (C=O) groups is 1. The molecule has 0 radical (unpaired) electrons. The van der Waals surface area contributed by atoms with E-state index in [4.69, 9.17) is 14.2 Å². The van der Waals surface area contributed by atoms with Crippen LogP contribution in [0.3, 0.4) is 0 Å². The maximum Gasteiger partial charge on any atom is 0.306 e. The van der Waals surface area contributed by atoms with Crippen LogP contribution in [0.5, 0.6) is 0 Å². The molecule has 5 fully saturated rings. The number of hydrogen-bond donors (Lipinski definition) is 0. The molecule has 3 saturated carbocycles. The lowest BCUT2D eigenvalue weighted by molar-refractivity contribution is -0.189. The molecule has 2 aliphatic heterocycles. The molecule has 0 aromatic carbocycles. The first-order valence-electron chi connectivity index (χ1n) is 11.6. The molecule has 0 aromatic heterocycles. The molecule has 4 aliphatic carbocycles. The van der Waals surface area contributed by atoms with E-state index in [9.17, 15) is 4.79 Å². The quantitative estimate of drug-likeness (QED) is 0.444. The molecule has 6 atom stereocenters. The summed E-state index contributed by atoms with van der Waals surface area (Å²) in [5.41, 5.74) is 1.92. The zero-order valence-electron chi connectivity index (χ0n) is 17.4. The van der Waals surface area contributed by atoms with Gasteiger partial charge in [-0.25, -0.2) is 0 Å². The number of esters is 1. The highest BCUT2D eigenvalue weighted by molar-refractivity contribution is 5.72. The Bertz CT molecular complexity index is 737. The average molecular weight is 387 g/mol. The molecule has 28 heavy (non-hydrogen) atoms. The number of allylic oxidation sites excluding steroid dienone is 1. The Morgan fingerprint density at radius 1 is 0.964 bits per heavy atom. The van der Waals surface area contributed by atoms with Gasteiger partial charge in [-0.15, -0.1) is 0 Å². The van der Waals surface area contributed by atoms with Gasteiger partial charge in [0.2, 0.25) is 0 Å². The van der Waals surface area contributed by atoms with Crippen LogP contribution in [0.25, 0.3) is 0 Å². The first-order chi connectivity index (χ1) is 13.4. The molecule has 0 N–H and O–H groups in total. The second-order valence-electron chi connectivity index (χ2n) is 11.0. The summed E-state index contributed by atoms with van der Waals surface area (Å²) >= 11 is 0. The molecular weight excluding hydrogens is 352 g/mol. The standard InChI is InChI=1S/C24H34O4/c1-21-11-12-24(26-13-14-27-24)15-16(21)3-4-17-18(21)5-8-22(2)19(17)6-9-23(22)10-7-20(25)28-23/h3,17-19H,4-15H2,1-2H3. The lowest BCUT2D eigenvalue weighted by Crippen LogP contribution is -2.55. The maximum absolute atomic E-state index is 12.0. The number of carbonyl (C=O) groups excluding carboxylic acids is 1. The topological polar surface area (TPSA) is 44.8 Å². The van der Waals surface area contributed by atoms with Gasteiger partial charge >= 0.3 is 5.97 Å². The predicted molar refractivity (Wildman–Crippen MR) is 104 cm³/mol. The van der Waals surface area contributed by atoms with Gasteiger partial charge in [0, 0.05) is 24.7 Å². The van der Waals surface area contributed by atoms with Crippen LogP contribution in [0.15, 0.2) is 11.6 Å². The lowest BCUT2D eigenvalue weighted by atomic mass is 9.46. The van der Waals surface area contributed by atoms with Crippen molar-refractivity contribution in [2.45, 2.75) is 89.4 Å². The van der Waals surface area contributed by atoms with E-state index in [1.807, 2.05) is 0 Å². The molecular formula is C24H34O4. The Morgan fingerprint density at radius 2 is 1.75 bits per heavy atom. The summed E-state index contributed by atoms with van der Waals surface area (Å²) in [6.45, 7) is 6.48. The Kier molecular flexibility index (Phi) is 3.61. The van der Waals surface area contributed by atoms with Gasteiger partial charge in [0.15, 0.2) is 5.79 Å². The van der Waals surface area contributed by atoms with Crippen molar-refractivity contribution in [3.05, 3.63) is 11.6 Å². The van der Waals surface area contributed by atoms with Crippen molar-refractivity contribution >= 4 is 5.97 Å². The minimum absolute atomic E-state index is 0.0379. The minimum Gasteiger partial charge on any atom is -0.458 e. The van der Waals surface area contributed by atoms with Crippen LogP contribution in [0.4, 0.5) is 0 Å². The van der Waals surface area contributed by atoms with E-state index in [1.165, 1.54) is 32.1 Å². The fraction of sp³-hybridized carbons (Fsp3) is 0.875. The summed E-state index contributed by atoms with van der Waals surface area (Å²) in [7, 11) is 0. The van der Waals surface area contributed by atoms with Gasteiger partial charge in [0.25, 0.3) is 0 Å². The first-order valence-corrected chi connectivity index (χ1v) is 11.6. The Morgan fingerprint density at radius 3 is 2.50 bits per heavy atom.